The van der Waals surface area contributed by atoms with Gasteiger partial charge in [0.2, 0.25) is 0 Å². The van der Waals surface area contributed by atoms with Crippen molar-refractivity contribution in [2.24, 2.45) is 5.92 Å². The van der Waals surface area contributed by atoms with Crippen LogP contribution in [0, 0.1) is 5.92 Å². The van der Waals surface area contributed by atoms with Gasteiger partial charge in [-0.25, -0.2) is 0 Å². The van der Waals surface area contributed by atoms with Gasteiger partial charge in [-0.3, -0.25) is 0 Å². The first-order valence-corrected chi connectivity index (χ1v) is 5.92. The second-order valence-electron chi connectivity index (χ2n) is 3.66. The quantitative estimate of drug-likeness (QED) is 0.744. The van der Waals surface area contributed by atoms with E-state index < -0.39 is 0 Å². The molecule has 0 radical (unpaired) electrons. The molecule has 0 aromatic heterocycles. The molecule has 0 saturated carbocycles. The minimum absolute atomic E-state index is 0.540. The molecule has 0 aliphatic heterocycles. The topological polar surface area (TPSA) is 9.23 Å². The SMILES string of the molecule is C/C=C\C(C)Cc1cc(Br)ccc1OC. The van der Waals surface area contributed by atoms with E-state index in [2.05, 4.69) is 48.0 Å². The fourth-order valence-electron chi connectivity index (χ4n) is 1.65. The highest BCUT2D eigenvalue weighted by Gasteiger charge is 2.06. The second kappa shape index (κ2) is 5.96. The van der Waals surface area contributed by atoms with Crippen LogP contribution in [0.5, 0.6) is 5.75 Å². The molecule has 82 valence electrons. The molecule has 2 heteroatoms. The van der Waals surface area contributed by atoms with E-state index in [1.807, 2.05) is 12.1 Å². The van der Waals surface area contributed by atoms with E-state index in [1.54, 1.807) is 7.11 Å². The molecule has 1 unspecified atom stereocenters. The molecule has 1 rings (SSSR count). The number of hydrogen-bond acceptors (Lipinski definition) is 1. The molecular formula is C13H17BrO. The van der Waals surface area contributed by atoms with Crippen LogP contribution in [0.25, 0.3) is 0 Å². The van der Waals surface area contributed by atoms with Crippen molar-refractivity contribution in [3.05, 3.63) is 40.4 Å². The van der Waals surface area contributed by atoms with Gasteiger partial charge in [-0.2, -0.15) is 0 Å². The zero-order chi connectivity index (χ0) is 11.3. The Hall–Kier alpha value is -0.760. The lowest BCUT2D eigenvalue weighted by Crippen LogP contribution is -1.99. The second-order valence-corrected chi connectivity index (χ2v) is 4.58. The van der Waals surface area contributed by atoms with Gasteiger partial charge in [-0.05, 0) is 43.0 Å². The van der Waals surface area contributed by atoms with Crippen LogP contribution >= 0.6 is 15.9 Å². The van der Waals surface area contributed by atoms with Crippen LogP contribution in [0.3, 0.4) is 0 Å². The predicted octanol–water partition coefficient (Wildman–Crippen LogP) is 4.21. The third-order valence-electron chi connectivity index (χ3n) is 2.31. The van der Waals surface area contributed by atoms with Gasteiger partial charge in [0, 0.05) is 4.47 Å². The summed E-state index contributed by atoms with van der Waals surface area (Å²) in [6.45, 7) is 4.26. The molecule has 1 aromatic carbocycles. The van der Waals surface area contributed by atoms with Crippen LogP contribution in [0.4, 0.5) is 0 Å². The summed E-state index contributed by atoms with van der Waals surface area (Å²) < 4.78 is 6.44. The molecule has 1 atom stereocenters. The summed E-state index contributed by atoms with van der Waals surface area (Å²) in [5.41, 5.74) is 1.25. The van der Waals surface area contributed by atoms with Crippen LogP contribution in [-0.2, 0) is 6.42 Å². The third-order valence-corrected chi connectivity index (χ3v) is 2.80. The Morgan fingerprint density at radius 3 is 2.80 bits per heavy atom. The van der Waals surface area contributed by atoms with Gasteiger partial charge in [0.05, 0.1) is 7.11 Å². The molecule has 0 fully saturated rings. The first kappa shape index (κ1) is 12.3. The van der Waals surface area contributed by atoms with E-state index in [9.17, 15) is 0 Å². The van der Waals surface area contributed by atoms with Crippen LogP contribution in [0.1, 0.15) is 19.4 Å². The first-order valence-electron chi connectivity index (χ1n) is 5.12. The van der Waals surface area contributed by atoms with Crippen molar-refractivity contribution in [2.45, 2.75) is 20.3 Å². The van der Waals surface area contributed by atoms with Crippen LogP contribution in [-0.4, -0.2) is 7.11 Å². The Kier molecular flexibility index (Phi) is 4.89. The Labute approximate surface area is 100 Å². The number of halogens is 1. The van der Waals surface area contributed by atoms with Crippen molar-refractivity contribution in [1.82, 2.24) is 0 Å². The number of hydrogen-bond donors (Lipinski definition) is 0. The molecular weight excluding hydrogens is 252 g/mol. The van der Waals surface area contributed by atoms with Gasteiger partial charge in [-0.15, -0.1) is 0 Å². The number of benzene rings is 1. The molecule has 1 aromatic rings. The Balaban J connectivity index is 2.86. The maximum absolute atomic E-state index is 5.33. The zero-order valence-corrected chi connectivity index (χ0v) is 11.0. The number of methoxy groups -OCH3 is 1. The highest BCUT2D eigenvalue weighted by Crippen LogP contribution is 2.25. The average molecular weight is 269 g/mol. The summed E-state index contributed by atoms with van der Waals surface area (Å²) in [5.74, 6) is 1.51. The molecule has 0 aliphatic rings. The molecule has 0 bridgehead atoms. The lowest BCUT2D eigenvalue weighted by Gasteiger charge is -2.11. The van der Waals surface area contributed by atoms with E-state index in [0.717, 1.165) is 16.6 Å². The van der Waals surface area contributed by atoms with Crippen molar-refractivity contribution < 1.29 is 4.74 Å². The Bertz CT molecular complexity index is 344. The lowest BCUT2D eigenvalue weighted by molar-refractivity contribution is 0.407. The Morgan fingerprint density at radius 2 is 2.20 bits per heavy atom. The van der Waals surface area contributed by atoms with Gasteiger partial charge in [-0.1, -0.05) is 35.0 Å². The average Bonchev–Trinajstić information content (AvgIpc) is 2.18. The van der Waals surface area contributed by atoms with E-state index in [0.29, 0.717) is 5.92 Å². The summed E-state index contributed by atoms with van der Waals surface area (Å²) in [5, 5.41) is 0. The van der Waals surface area contributed by atoms with Crippen LogP contribution < -0.4 is 4.74 Å². The van der Waals surface area contributed by atoms with Crippen LogP contribution in [0.2, 0.25) is 0 Å². The lowest BCUT2D eigenvalue weighted by atomic mass is 10.00. The normalized spacial score (nSPS) is 13.1. The van der Waals surface area contributed by atoms with Crippen LogP contribution in [0.15, 0.2) is 34.8 Å². The number of rotatable bonds is 4. The van der Waals surface area contributed by atoms with E-state index in [4.69, 9.17) is 4.74 Å². The molecule has 0 heterocycles. The Morgan fingerprint density at radius 1 is 1.47 bits per heavy atom. The van der Waals surface area contributed by atoms with Gasteiger partial charge in [0.25, 0.3) is 0 Å². The monoisotopic (exact) mass is 268 g/mol. The van der Waals surface area contributed by atoms with Crippen molar-refractivity contribution in [3.8, 4) is 5.75 Å². The summed E-state index contributed by atoms with van der Waals surface area (Å²) in [4.78, 5) is 0. The summed E-state index contributed by atoms with van der Waals surface area (Å²) in [6, 6.07) is 6.13. The molecule has 1 nitrogen and oxygen atoms in total. The third kappa shape index (κ3) is 3.71. The number of allylic oxidation sites excluding steroid dienone is 2. The first-order chi connectivity index (χ1) is 7.17. The molecule has 0 N–H and O–H groups in total. The maximum Gasteiger partial charge on any atom is 0.122 e. The molecule has 0 saturated heterocycles. The van der Waals surface area contributed by atoms with Gasteiger partial charge in [0.1, 0.15) is 5.75 Å². The molecule has 0 aliphatic carbocycles. The summed E-state index contributed by atoms with van der Waals surface area (Å²) >= 11 is 3.48. The number of ether oxygens (including phenoxy) is 1. The van der Waals surface area contributed by atoms with Gasteiger partial charge in [0.15, 0.2) is 0 Å². The maximum atomic E-state index is 5.33. The fraction of sp³-hybridized carbons (Fsp3) is 0.385. The summed E-state index contributed by atoms with van der Waals surface area (Å²) in [7, 11) is 1.72. The minimum atomic E-state index is 0.540. The fourth-order valence-corrected chi connectivity index (χ4v) is 2.06. The van der Waals surface area contributed by atoms with E-state index in [-0.39, 0.29) is 0 Å². The molecule has 0 amide bonds. The molecule has 15 heavy (non-hydrogen) atoms. The van der Waals surface area contributed by atoms with Gasteiger partial charge < -0.3 is 4.74 Å². The smallest absolute Gasteiger partial charge is 0.122 e. The highest BCUT2D eigenvalue weighted by atomic mass is 79.9. The van der Waals surface area contributed by atoms with E-state index >= 15 is 0 Å². The largest absolute Gasteiger partial charge is 0.496 e. The van der Waals surface area contributed by atoms with Crippen molar-refractivity contribution in [2.75, 3.05) is 7.11 Å². The highest BCUT2D eigenvalue weighted by molar-refractivity contribution is 9.10. The predicted molar refractivity (Wildman–Crippen MR) is 68.4 cm³/mol. The minimum Gasteiger partial charge on any atom is -0.496 e. The van der Waals surface area contributed by atoms with Crippen molar-refractivity contribution in [1.29, 1.82) is 0 Å². The van der Waals surface area contributed by atoms with Crippen molar-refractivity contribution in [3.63, 3.8) is 0 Å². The standard InChI is InChI=1S/C13H17BrO/c1-4-5-10(2)8-11-9-12(14)6-7-13(11)15-3/h4-7,9-10H,8H2,1-3H3/b5-4-. The summed E-state index contributed by atoms with van der Waals surface area (Å²) in [6.07, 6.45) is 5.31. The van der Waals surface area contributed by atoms with Crippen molar-refractivity contribution >= 4 is 15.9 Å². The molecule has 0 spiro atoms. The van der Waals surface area contributed by atoms with E-state index in [1.165, 1.54) is 5.56 Å². The van der Waals surface area contributed by atoms with Gasteiger partial charge >= 0.3 is 0 Å². The zero-order valence-electron chi connectivity index (χ0n) is 9.46.